The second kappa shape index (κ2) is 6.69. The fourth-order valence-electron chi connectivity index (χ4n) is 3.02. The van der Waals surface area contributed by atoms with E-state index in [0.29, 0.717) is 13.0 Å². The summed E-state index contributed by atoms with van der Waals surface area (Å²) in [6.07, 6.45) is 0.648. The maximum Gasteiger partial charge on any atom is 0.123 e. The zero-order chi connectivity index (χ0) is 17.2. The Morgan fingerprint density at radius 1 is 0.880 bits per heavy atom. The van der Waals surface area contributed by atoms with Gasteiger partial charge in [-0.25, -0.2) is 9.37 Å². The lowest BCUT2D eigenvalue weighted by Gasteiger charge is -2.10. The van der Waals surface area contributed by atoms with Crippen LogP contribution >= 0.6 is 11.6 Å². The molecule has 124 valence electrons. The van der Waals surface area contributed by atoms with Crippen molar-refractivity contribution in [3.63, 3.8) is 0 Å². The standard InChI is InChI=1S/C21H16ClFN2/c22-18-6-2-1-5-16(18)13-21-24-19-7-3-4-8-20(19)25(21)14-15-9-11-17(23)12-10-15/h1-12H,13-14H2. The molecular weight excluding hydrogens is 335 g/mol. The predicted octanol–water partition coefficient (Wildman–Crippen LogP) is 5.47. The fourth-order valence-corrected chi connectivity index (χ4v) is 3.22. The van der Waals surface area contributed by atoms with Crippen LogP contribution in [0.3, 0.4) is 0 Å². The maximum atomic E-state index is 13.2. The third-order valence-electron chi connectivity index (χ3n) is 4.29. The van der Waals surface area contributed by atoms with Crippen LogP contribution < -0.4 is 0 Å². The first-order valence-corrected chi connectivity index (χ1v) is 8.50. The molecule has 0 unspecified atom stereocenters. The molecule has 1 heterocycles. The van der Waals surface area contributed by atoms with Gasteiger partial charge in [0.05, 0.1) is 11.0 Å². The van der Waals surface area contributed by atoms with E-state index in [0.717, 1.165) is 33.0 Å². The van der Waals surface area contributed by atoms with E-state index < -0.39 is 0 Å². The van der Waals surface area contributed by atoms with E-state index in [1.54, 1.807) is 0 Å². The van der Waals surface area contributed by atoms with E-state index in [4.69, 9.17) is 16.6 Å². The summed E-state index contributed by atoms with van der Waals surface area (Å²) in [7, 11) is 0. The Hall–Kier alpha value is -2.65. The van der Waals surface area contributed by atoms with E-state index in [-0.39, 0.29) is 5.82 Å². The Morgan fingerprint density at radius 3 is 2.40 bits per heavy atom. The van der Waals surface area contributed by atoms with Gasteiger partial charge in [-0.05, 0) is 41.5 Å². The topological polar surface area (TPSA) is 17.8 Å². The molecule has 0 aliphatic heterocycles. The van der Waals surface area contributed by atoms with Gasteiger partial charge in [0.15, 0.2) is 0 Å². The summed E-state index contributed by atoms with van der Waals surface area (Å²) in [4.78, 5) is 4.79. The van der Waals surface area contributed by atoms with E-state index >= 15 is 0 Å². The molecule has 0 N–H and O–H groups in total. The maximum absolute atomic E-state index is 13.2. The van der Waals surface area contributed by atoms with Gasteiger partial charge >= 0.3 is 0 Å². The minimum absolute atomic E-state index is 0.226. The number of imidazole rings is 1. The number of halogens is 2. The average Bonchev–Trinajstić information content (AvgIpc) is 2.96. The Balaban J connectivity index is 1.78. The summed E-state index contributed by atoms with van der Waals surface area (Å²) in [5.74, 6) is 0.717. The molecule has 25 heavy (non-hydrogen) atoms. The van der Waals surface area contributed by atoms with E-state index in [2.05, 4.69) is 10.6 Å². The summed E-state index contributed by atoms with van der Waals surface area (Å²) >= 11 is 6.32. The highest BCUT2D eigenvalue weighted by Gasteiger charge is 2.13. The summed E-state index contributed by atoms with van der Waals surface area (Å²) in [5, 5.41) is 0.739. The monoisotopic (exact) mass is 350 g/mol. The fraction of sp³-hybridized carbons (Fsp3) is 0.0952. The van der Waals surface area contributed by atoms with Crippen molar-refractivity contribution in [2.24, 2.45) is 0 Å². The SMILES string of the molecule is Fc1ccc(Cn2c(Cc3ccccc3Cl)nc3ccccc32)cc1. The van der Waals surface area contributed by atoms with Crippen molar-refractivity contribution in [2.75, 3.05) is 0 Å². The van der Waals surface area contributed by atoms with E-state index in [9.17, 15) is 4.39 Å². The molecule has 0 saturated carbocycles. The first-order chi connectivity index (χ1) is 12.2. The molecule has 0 radical (unpaired) electrons. The van der Waals surface area contributed by atoms with Crippen LogP contribution in [0.25, 0.3) is 11.0 Å². The van der Waals surface area contributed by atoms with Gasteiger partial charge in [0, 0.05) is 18.0 Å². The van der Waals surface area contributed by atoms with Gasteiger partial charge in [-0.15, -0.1) is 0 Å². The zero-order valence-electron chi connectivity index (χ0n) is 13.5. The van der Waals surface area contributed by atoms with Crippen molar-refractivity contribution in [1.29, 1.82) is 0 Å². The molecule has 4 aromatic rings. The highest BCUT2D eigenvalue weighted by molar-refractivity contribution is 6.31. The van der Waals surface area contributed by atoms with Crippen LogP contribution in [0.15, 0.2) is 72.8 Å². The number of aromatic nitrogens is 2. The van der Waals surface area contributed by atoms with Crippen molar-refractivity contribution in [3.05, 3.63) is 101 Å². The smallest absolute Gasteiger partial charge is 0.123 e. The molecule has 0 aliphatic rings. The lowest BCUT2D eigenvalue weighted by Crippen LogP contribution is -2.06. The lowest BCUT2D eigenvalue weighted by molar-refractivity contribution is 0.626. The number of hydrogen-bond acceptors (Lipinski definition) is 1. The highest BCUT2D eigenvalue weighted by Crippen LogP contribution is 2.23. The lowest BCUT2D eigenvalue weighted by atomic mass is 10.1. The molecule has 0 fully saturated rings. The summed E-state index contributed by atoms with van der Waals surface area (Å²) in [6.45, 7) is 0.639. The number of para-hydroxylation sites is 2. The molecule has 2 nitrogen and oxygen atoms in total. The Kier molecular flexibility index (Phi) is 4.24. The van der Waals surface area contributed by atoms with Crippen LogP contribution in [-0.4, -0.2) is 9.55 Å². The second-order valence-electron chi connectivity index (χ2n) is 6.00. The number of benzene rings is 3. The van der Waals surface area contributed by atoms with Gasteiger partial charge in [0.25, 0.3) is 0 Å². The Morgan fingerprint density at radius 2 is 1.60 bits per heavy atom. The highest BCUT2D eigenvalue weighted by atomic mass is 35.5. The van der Waals surface area contributed by atoms with Gasteiger partial charge in [0.1, 0.15) is 11.6 Å². The molecule has 0 spiro atoms. The average molecular weight is 351 g/mol. The van der Waals surface area contributed by atoms with Crippen LogP contribution in [0.5, 0.6) is 0 Å². The first-order valence-electron chi connectivity index (χ1n) is 8.13. The van der Waals surface area contributed by atoms with Crippen molar-refractivity contribution >= 4 is 22.6 Å². The quantitative estimate of drug-likeness (QED) is 0.477. The molecule has 4 heteroatoms. The number of rotatable bonds is 4. The van der Waals surface area contributed by atoms with Crippen molar-refractivity contribution in [1.82, 2.24) is 9.55 Å². The molecule has 1 aromatic heterocycles. The predicted molar refractivity (Wildman–Crippen MR) is 99.5 cm³/mol. The number of nitrogens with zero attached hydrogens (tertiary/aromatic N) is 2. The third kappa shape index (κ3) is 3.28. The Labute approximate surface area is 150 Å². The number of hydrogen-bond donors (Lipinski definition) is 0. The zero-order valence-corrected chi connectivity index (χ0v) is 14.2. The van der Waals surface area contributed by atoms with E-state index in [1.165, 1.54) is 12.1 Å². The molecular formula is C21H16ClFN2. The normalized spacial score (nSPS) is 11.1. The molecule has 3 aromatic carbocycles. The molecule has 0 saturated heterocycles. The summed E-state index contributed by atoms with van der Waals surface area (Å²) in [6, 6.07) is 22.5. The van der Waals surface area contributed by atoms with Gasteiger partial charge in [0.2, 0.25) is 0 Å². The van der Waals surface area contributed by atoms with Crippen molar-refractivity contribution in [2.45, 2.75) is 13.0 Å². The Bertz CT molecular complexity index is 1020. The van der Waals surface area contributed by atoms with Crippen LogP contribution in [0, 0.1) is 5.82 Å². The van der Waals surface area contributed by atoms with Gasteiger partial charge in [-0.1, -0.05) is 54.1 Å². The minimum Gasteiger partial charge on any atom is -0.323 e. The van der Waals surface area contributed by atoms with Crippen LogP contribution in [-0.2, 0) is 13.0 Å². The van der Waals surface area contributed by atoms with E-state index in [1.807, 2.05) is 54.6 Å². The first kappa shape index (κ1) is 15.9. The third-order valence-corrected chi connectivity index (χ3v) is 4.66. The molecule has 0 aliphatic carbocycles. The molecule has 0 bridgehead atoms. The largest absolute Gasteiger partial charge is 0.323 e. The molecule has 0 amide bonds. The van der Waals surface area contributed by atoms with Gasteiger partial charge < -0.3 is 4.57 Å². The van der Waals surface area contributed by atoms with Gasteiger partial charge in [-0.2, -0.15) is 0 Å². The minimum atomic E-state index is -0.226. The van der Waals surface area contributed by atoms with Gasteiger partial charge in [-0.3, -0.25) is 0 Å². The summed E-state index contributed by atoms with van der Waals surface area (Å²) < 4.78 is 15.4. The van der Waals surface area contributed by atoms with Crippen molar-refractivity contribution in [3.8, 4) is 0 Å². The van der Waals surface area contributed by atoms with Crippen LogP contribution in [0.4, 0.5) is 4.39 Å². The van der Waals surface area contributed by atoms with Crippen LogP contribution in [0.1, 0.15) is 17.0 Å². The number of fused-ring (bicyclic) bond motifs is 1. The summed E-state index contributed by atoms with van der Waals surface area (Å²) in [5.41, 5.74) is 4.09. The second-order valence-corrected chi connectivity index (χ2v) is 6.40. The van der Waals surface area contributed by atoms with Crippen LogP contribution in [0.2, 0.25) is 5.02 Å². The molecule has 4 rings (SSSR count). The molecule has 0 atom stereocenters. The van der Waals surface area contributed by atoms with Crippen molar-refractivity contribution < 1.29 is 4.39 Å².